The van der Waals surface area contributed by atoms with E-state index in [9.17, 15) is 14.8 Å². The van der Waals surface area contributed by atoms with Gasteiger partial charge in [0.25, 0.3) is 0 Å². The molecular formula is C16H29NO4. The summed E-state index contributed by atoms with van der Waals surface area (Å²) in [7, 11) is 0. The molecule has 2 atom stereocenters. The summed E-state index contributed by atoms with van der Waals surface area (Å²) >= 11 is 0. The molecule has 0 aromatic carbocycles. The topological polar surface area (TPSA) is 66.8 Å². The normalized spacial score (nSPS) is 18.8. The fourth-order valence-electron chi connectivity index (χ4n) is 3.17. The lowest BCUT2D eigenvalue weighted by Gasteiger charge is -2.33. The van der Waals surface area contributed by atoms with Gasteiger partial charge in [-0.05, 0) is 43.9 Å². The Labute approximate surface area is 127 Å². The van der Waals surface area contributed by atoms with E-state index in [1.807, 2.05) is 27.7 Å². The first-order valence-electron chi connectivity index (χ1n) is 7.99. The van der Waals surface area contributed by atoms with Crippen molar-refractivity contribution in [2.24, 2.45) is 17.8 Å². The highest BCUT2D eigenvalue weighted by Gasteiger charge is 2.37. The number of amides is 1. The van der Waals surface area contributed by atoms with Gasteiger partial charge in [0.2, 0.25) is 6.41 Å². The highest BCUT2D eigenvalue weighted by molar-refractivity contribution is 5.74. The number of hydroxylamine groups is 2. The standard InChI is InChI=1S/C16H29NO4/c1-11(2)9-14(15(12(3)4)17(20)10-18)16(19)21-13-7-5-6-8-13/h10-15,20H,5-9H2,1-4H3/t14-,15?/m0/s1. The molecule has 0 aromatic heterocycles. The van der Waals surface area contributed by atoms with Crippen LogP contribution in [0, 0.1) is 17.8 Å². The van der Waals surface area contributed by atoms with E-state index in [0.717, 1.165) is 25.7 Å². The van der Waals surface area contributed by atoms with Crippen LogP contribution >= 0.6 is 0 Å². The van der Waals surface area contributed by atoms with Crippen LogP contribution in [-0.4, -0.2) is 34.8 Å². The lowest BCUT2D eigenvalue weighted by molar-refractivity contribution is -0.182. The Morgan fingerprint density at radius 3 is 2.29 bits per heavy atom. The van der Waals surface area contributed by atoms with Gasteiger partial charge < -0.3 is 4.74 Å². The summed E-state index contributed by atoms with van der Waals surface area (Å²) in [4.78, 5) is 23.5. The van der Waals surface area contributed by atoms with Gasteiger partial charge in [-0.2, -0.15) is 0 Å². The lowest BCUT2D eigenvalue weighted by atomic mass is 9.84. The molecule has 5 heteroatoms. The van der Waals surface area contributed by atoms with E-state index in [2.05, 4.69) is 0 Å². The molecule has 1 fully saturated rings. The third-order valence-electron chi connectivity index (χ3n) is 4.12. The van der Waals surface area contributed by atoms with E-state index in [4.69, 9.17) is 4.74 Å². The van der Waals surface area contributed by atoms with Crippen LogP contribution in [0.25, 0.3) is 0 Å². The summed E-state index contributed by atoms with van der Waals surface area (Å²) in [6, 6.07) is -0.543. The van der Waals surface area contributed by atoms with Gasteiger partial charge in [-0.3, -0.25) is 14.8 Å². The van der Waals surface area contributed by atoms with Crippen molar-refractivity contribution in [2.75, 3.05) is 0 Å². The molecule has 0 spiro atoms. The summed E-state index contributed by atoms with van der Waals surface area (Å²) < 4.78 is 5.61. The molecule has 21 heavy (non-hydrogen) atoms. The second-order valence-electron chi connectivity index (χ2n) is 6.80. The first-order chi connectivity index (χ1) is 9.86. The molecule has 1 amide bonds. The van der Waals surface area contributed by atoms with Gasteiger partial charge in [0.05, 0.1) is 12.0 Å². The zero-order valence-electron chi connectivity index (χ0n) is 13.6. The van der Waals surface area contributed by atoms with Crippen molar-refractivity contribution in [2.45, 2.75) is 71.9 Å². The highest BCUT2D eigenvalue weighted by atomic mass is 16.5. The van der Waals surface area contributed by atoms with E-state index < -0.39 is 12.0 Å². The number of esters is 1. The maximum Gasteiger partial charge on any atom is 0.311 e. The average molecular weight is 299 g/mol. The van der Waals surface area contributed by atoms with E-state index in [-0.39, 0.29) is 23.9 Å². The van der Waals surface area contributed by atoms with Crippen molar-refractivity contribution in [1.82, 2.24) is 5.06 Å². The van der Waals surface area contributed by atoms with E-state index in [1.54, 1.807) is 0 Å². The quantitative estimate of drug-likeness (QED) is 0.324. The van der Waals surface area contributed by atoms with Crippen LogP contribution in [-0.2, 0) is 14.3 Å². The van der Waals surface area contributed by atoms with E-state index >= 15 is 0 Å². The van der Waals surface area contributed by atoms with Crippen LogP contribution in [0.2, 0.25) is 0 Å². The first kappa shape index (κ1) is 18.0. The average Bonchev–Trinajstić information content (AvgIpc) is 2.89. The minimum atomic E-state index is -0.543. The molecule has 0 heterocycles. The van der Waals surface area contributed by atoms with Crippen molar-refractivity contribution in [1.29, 1.82) is 0 Å². The van der Waals surface area contributed by atoms with Crippen molar-refractivity contribution in [3.05, 3.63) is 0 Å². The summed E-state index contributed by atoms with van der Waals surface area (Å²) in [5.74, 6) is -0.511. The molecule has 1 aliphatic rings. The molecule has 0 aromatic rings. The van der Waals surface area contributed by atoms with Crippen molar-refractivity contribution in [3.63, 3.8) is 0 Å². The fourth-order valence-corrected chi connectivity index (χ4v) is 3.17. The molecule has 122 valence electrons. The molecule has 5 nitrogen and oxygen atoms in total. The minimum Gasteiger partial charge on any atom is -0.462 e. The van der Waals surface area contributed by atoms with Gasteiger partial charge in [-0.15, -0.1) is 0 Å². The zero-order valence-corrected chi connectivity index (χ0v) is 13.6. The molecular weight excluding hydrogens is 270 g/mol. The third-order valence-corrected chi connectivity index (χ3v) is 4.12. The van der Waals surface area contributed by atoms with Crippen LogP contribution in [0.4, 0.5) is 0 Å². The third kappa shape index (κ3) is 5.30. The van der Waals surface area contributed by atoms with Gasteiger partial charge in [-0.1, -0.05) is 27.7 Å². The van der Waals surface area contributed by atoms with Crippen LogP contribution < -0.4 is 0 Å². The van der Waals surface area contributed by atoms with E-state index in [0.29, 0.717) is 17.9 Å². The predicted octanol–water partition coefficient (Wildman–Crippen LogP) is 3.01. The van der Waals surface area contributed by atoms with Crippen LogP contribution in [0.1, 0.15) is 59.8 Å². The number of carbonyl (C=O) groups excluding carboxylic acids is 2. The molecule has 0 saturated heterocycles. The zero-order chi connectivity index (χ0) is 16.0. The SMILES string of the molecule is CC(C)C[C@H](C(=O)OC1CCCC1)C(C(C)C)N(O)C=O. The lowest BCUT2D eigenvalue weighted by Crippen LogP contribution is -2.46. The van der Waals surface area contributed by atoms with E-state index in [1.165, 1.54) is 0 Å². The minimum absolute atomic E-state index is 0.00310. The van der Waals surface area contributed by atoms with Gasteiger partial charge in [0.15, 0.2) is 0 Å². The fraction of sp³-hybridized carbons (Fsp3) is 0.875. The Kier molecular flexibility index (Phi) is 7.15. The summed E-state index contributed by atoms with van der Waals surface area (Å²) in [5.41, 5.74) is 0. The molecule has 1 rings (SSSR count). The maximum atomic E-state index is 12.5. The Bertz CT molecular complexity index is 337. The Morgan fingerprint density at radius 2 is 1.86 bits per heavy atom. The molecule has 0 bridgehead atoms. The monoisotopic (exact) mass is 299 g/mol. The van der Waals surface area contributed by atoms with Gasteiger partial charge >= 0.3 is 5.97 Å². The molecule has 1 unspecified atom stereocenters. The number of carbonyl (C=O) groups is 2. The predicted molar refractivity (Wildman–Crippen MR) is 79.6 cm³/mol. The maximum absolute atomic E-state index is 12.5. The highest BCUT2D eigenvalue weighted by Crippen LogP contribution is 2.28. The number of hydrogen-bond donors (Lipinski definition) is 1. The largest absolute Gasteiger partial charge is 0.462 e. The van der Waals surface area contributed by atoms with Crippen LogP contribution in [0.5, 0.6) is 0 Å². The van der Waals surface area contributed by atoms with Crippen molar-refractivity contribution >= 4 is 12.4 Å². The smallest absolute Gasteiger partial charge is 0.311 e. The molecule has 1 aliphatic carbocycles. The summed E-state index contributed by atoms with van der Waals surface area (Å²) in [6.07, 6.45) is 5.01. The molecule has 0 aliphatic heterocycles. The Hall–Kier alpha value is -1.10. The second kappa shape index (κ2) is 8.37. The van der Waals surface area contributed by atoms with Crippen LogP contribution in [0.3, 0.4) is 0 Å². The van der Waals surface area contributed by atoms with Crippen molar-refractivity contribution < 1.29 is 19.5 Å². The first-order valence-corrected chi connectivity index (χ1v) is 7.99. The molecule has 0 radical (unpaired) electrons. The number of nitrogens with zero attached hydrogens (tertiary/aromatic N) is 1. The number of rotatable bonds is 8. The van der Waals surface area contributed by atoms with Crippen LogP contribution in [0.15, 0.2) is 0 Å². The van der Waals surface area contributed by atoms with Crippen molar-refractivity contribution in [3.8, 4) is 0 Å². The molecule has 1 N–H and O–H groups in total. The summed E-state index contributed by atoms with van der Waals surface area (Å²) in [6.45, 7) is 7.84. The van der Waals surface area contributed by atoms with Gasteiger partial charge in [0.1, 0.15) is 6.10 Å². The van der Waals surface area contributed by atoms with Gasteiger partial charge in [-0.25, -0.2) is 5.06 Å². The van der Waals surface area contributed by atoms with Gasteiger partial charge in [0, 0.05) is 0 Å². The Morgan fingerprint density at radius 1 is 1.29 bits per heavy atom. The number of hydrogen-bond acceptors (Lipinski definition) is 4. The Balaban J connectivity index is 2.84. The second-order valence-corrected chi connectivity index (χ2v) is 6.80. The summed E-state index contributed by atoms with van der Waals surface area (Å²) in [5, 5.41) is 10.5. The number of ether oxygens (including phenoxy) is 1. The molecule has 1 saturated carbocycles.